The quantitative estimate of drug-likeness (QED) is 0.586. The Morgan fingerprint density at radius 1 is 0.733 bits per heavy atom. The fraction of sp³-hybridized carbons (Fsp3) is 0.231. The number of amides is 2. The van der Waals surface area contributed by atoms with E-state index in [1.807, 2.05) is 95.3 Å². The molecule has 0 aliphatic heterocycles. The fourth-order valence-electron chi connectivity index (χ4n) is 3.36. The van der Waals surface area contributed by atoms with Gasteiger partial charge in [-0.25, -0.2) is 5.01 Å². The predicted octanol–water partition coefficient (Wildman–Crippen LogP) is 5.56. The highest BCUT2D eigenvalue weighted by Crippen LogP contribution is 2.21. The van der Waals surface area contributed by atoms with Crippen molar-refractivity contribution in [2.75, 3.05) is 0 Å². The molecule has 3 aromatic carbocycles. The number of hydrogen-bond donors (Lipinski definition) is 1. The summed E-state index contributed by atoms with van der Waals surface area (Å²) >= 11 is 0. The monoisotopic (exact) mass is 400 g/mol. The zero-order chi connectivity index (χ0) is 21.9. The summed E-state index contributed by atoms with van der Waals surface area (Å²) in [6, 6.07) is 23.1. The molecule has 0 spiro atoms. The first kappa shape index (κ1) is 21.3. The third kappa shape index (κ3) is 4.95. The Hall–Kier alpha value is -3.40. The largest absolute Gasteiger partial charge is 0.272 e. The molecule has 30 heavy (non-hydrogen) atoms. The number of hydrogen-bond acceptors (Lipinski definition) is 2. The molecule has 154 valence electrons. The Bertz CT molecular complexity index is 1030. The average Bonchev–Trinajstić information content (AvgIpc) is 2.70. The fourth-order valence-corrected chi connectivity index (χ4v) is 3.36. The molecule has 0 fully saturated rings. The van der Waals surface area contributed by atoms with Crippen LogP contribution < -0.4 is 5.43 Å². The van der Waals surface area contributed by atoms with Gasteiger partial charge in [0.05, 0.1) is 5.54 Å². The lowest BCUT2D eigenvalue weighted by molar-refractivity contribution is 0.0358. The first-order valence-corrected chi connectivity index (χ1v) is 10.0. The summed E-state index contributed by atoms with van der Waals surface area (Å²) in [6.45, 7) is 9.60. The summed E-state index contributed by atoms with van der Waals surface area (Å²) in [5.74, 6) is -0.550. The zero-order valence-electron chi connectivity index (χ0n) is 18.2. The SMILES string of the molecule is Cc1cc(C)cc(C(=O)N(NC(=O)c2ccc(-c3ccccc3)cc2)C(C)(C)C)c1. The second-order valence-corrected chi connectivity index (χ2v) is 8.57. The van der Waals surface area contributed by atoms with Crippen LogP contribution in [0.15, 0.2) is 72.8 Å². The van der Waals surface area contributed by atoms with Crippen LogP contribution in [0.25, 0.3) is 11.1 Å². The van der Waals surface area contributed by atoms with Crippen molar-refractivity contribution in [3.8, 4) is 11.1 Å². The maximum absolute atomic E-state index is 13.2. The van der Waals surface area contributed by atoms with E-state index in [0.717, 1.165) is 22.3 Å². The molecular weight excluding hydrogens is 372 g/mol. The molecule has 0 unspecified atom stereocenters. The van der Waals surface area contributed by atoms with Gasteiger partial charge in [-0.15, -0.1) is 0 Å². The molecule has 0 saturated heterocycles. The summed E-state index contributed by atoms with van der Waals surface area (Å²) in [5, 5.41) is 1.41. The predicted molar refractivity (Wildman–Crippen MR) is 121 cm³/mol. The Kier molecular flexibility index (Phi) is 6.06. The topological polar surface area (TPSA) is 49.4 Å². The molecule has 1 N–H and O–H groups in total. The maximum atomic E-state index is 13.2. The van der Waals surface area contributed by atoms with E-state index in [-0.39, 0.29) is 11.8 Å². The molecule has 0 aromatic heterocycles. The summed E-state index contributed by atoms with van der Waals surface area (Å²) in [4.78, 5) is 26.1. The van der Waals surface area contributed by atoms with Crippen molar-refractivity contribution in [1.29, 1.82) is 0 Å². The van der Waals surface area contributed by atoms with Crippen molar-refractivity contribution in [1.82, 2.24) is 10.4 Å². The van der Waals surface area contributed by atoms with Crippen molar-refractivity contribution in [2.24, 2.45) is 0 Å². The second-order valence-electron chi connectivity index (χ2n) is 8.57. The summed E-state index contributed by atoms with van der Waals surface area (Å²) in [7, 11) is 0. The molecule has 0 heterocycles. The minimum atomic E-state index is -0.589. The van der Waals surface area contributed by atoms with Crippen molar-refractivity contribution >= 4 is 11.8 Å². The number of carbonyl (C=O) groups is 2. The normalized spacial score (nSPS) is 11.1. The summed E-state index contributed by atoms with van der Waals surface area (Å²) < 4.78 is 0. The van der Waals surface area contributed by atoms with Crippen LogP contribution in [0, 0.1) is 13.8 Å². The van der Waals surface area contributed by atoms with E-state index in [9.17, 15) is 9.59 Å². The minimum Gasteiger partial charge on any atom is -0.267 e. The van der Waals surface area contributed by atoms with Gasteiger partial charge >= 0.3 is 0 Å². The number of nitrogens with zero attached hydrogens (tertiary/aromatic N) is 1. The van der Waals surface area contributed by atoms with E-state index in [2.05, 4.69) is 5.43 Å². The van der Waals surface area contributed by atoms with E-state index in [0.29, 0.717) is 11.1 Å². The van der Waals surface area contributed by atoms with Gasteiger partial charge < -0.3 is 0 Å². The number of carbonyl (C=O) groups excluding carboxylic acids is 2. The minimum absolute atomic E-state index is 0.233. The molecule has 0 aliphatic rings. The van der Waals surface area contributed by atoms with E-state index in [1.165, 1.54) is 5.01 Å². The van der Waals surface area contributed by atoms with Crippen LogP contribution in [0.1, 0.15) is 52.6 Å². The highest BCUT2D eigenvalue weighted by molar-refractivity contribution is 5.99. The Labute approximate surface area is 178 Å². The molecule has 0 bridgehead atoms. The number of hydrazine groups is 1. The lowest BCUT2D eigenvalue weighted by atomic mass is 10.0. The van der Waals surface area contributed by atoms with Gasteiger partial charge in [-0.1, -0.05) is 59.7 Å². The molecule has 3 aromatic rings. The Balaban J connectivity index is 1.83. The zero-order valence-corrected chi connectivity index (χ0v) is 18.2. The summed E-state index contributed by atoms with van der Waals surface area (Å²) in [5.41, 5.74) is 7.42. The molecule has 4 nitrogen and oxygen atoms in total. The van der Waals surface area contributed by atoms with Crippen molar-refractivity contribution in [3.63, 3.8) is 0 Å². The van der Waals surface area contributed by atoms with Gasteiger partial charge in [-0.3, -0.25) is 15.0 Å². The Morgan fingerprint density at radius 3 is 1.80 bits per heavy atom. The van der Waals surface area contributed by atoms with Crippen molar-refractivity contribution in [2.45, 2.75) is 40.2 Å². The van der Waals surface area contributed by atoms with Crippen LogP contribution in [0.3, 0.4) is 0 Å². The van der Waals surface area contributed by atoms with Crippen LogP contribution >= 0.6 is 0 Å². The molecular formula is C26H28N2O2. The molecule has 4 heteroatoms. The van der Waals surface area contributed by atoms with Gasteiger partial charge in [0.15, 0.2) is 0 Å². The smallest absolute Gasteiger partial charge is 0.267 e. The number of benzene rings is 3. The van der Waals surface area contributed by atoms with Crippen LogP contribution in [0.2, 0.25) is 0 Å². The van der Waals surface area contributed by atoms with E-state index >= 15 is 0 Å². The molecule has 0 saturated carbocycles. The molecule has 0 aliphatic carbocycles. The first-order valence-electron chi connectivity index (χ1n) is 10.0. The van der Waals surface area contributed by atoms with Gasteiger partial charge in [0.25, 0.3) is 11.8 Å². The highest BCUT2D eigenvalue weighted by atomic mass is 16.2. The van der Waals surface area contributed by atoms with Crippen LogP contribution in [-0.2, 0) is 0 Å². The van der Waals surface area contributed by atoms with Gasteiger partial charge in [0, 0.05) is 11.1 Å². The third-order valence-corrected chi connectivity index (χ3v) is 4.81. The Morgan fingerprint density at radius 2 is 1.27 bits per heavy atom. The maximum Gasteiger partial charge on any atom is 0.272 e. The molecule has 3 rings (SSSR count). The number of rotatable bonds is 3. The average molecular weight is 401 g/mol. The molecule has 2 amide bonds. The van der Waals surface area contributed by atoms with Crippen molar-refractivity contribution in [3.05, 3.63) is 95.1 Å². The lowest BCUT2D eigenvalue weighted by Gasteiger charge is -2.35. The van der Waals surface area contributed by atoms with Gasteiger partial charge in [-0.05, 0) is 70.0 Å². The lowest BCUT2D eigenvalue weighted by Crippen LogP contribution is -2.55. The first-order chi connectivity index (χ1) is 14.1. The number of aryl methyl sites for hydroxylation is 2. The van der Waals surface area contributed by atoms with E-state index in [1.54, 1.807) is 12.1 Å². The number of nitrogens with one attached hydrogen (secondary N) is 1. The van der Waals surface area contributed by atoms with Gasteiger partial charge in [0.2, 0.25) is 0 Å². The molecule has 0 radical (unpaired) electrons. The summed E-state index contributed by atoms with van der Waals surface area (Å²) in [6.07, 6.45) is 0. The standard InChI is InChI=1S/C26H28N2O2/c1-18-15-19(2)17-23(16-18)25(30)28(26(3,4)5)27-24(29)22-13-11-21(12-14-22)20-9-7-6-8-10-20/h6-17H,1-5H3,(H,27,29). The van der Waals surface area contributed by atoms with E-state index < -0.39 is 5.54 Å². The molecule has 0 atom stereocenters. The van der Waals surface area contributed by atoms with Crippen molar-refractivity contribution < 1.29 is 9.59 Å². The van der Waals surface area contributed by atoms with Crippen LogP contribution in [-0.4, -0.2) is 22.4 Å². The van der Waals surface area contributed by atoms with E-state index in [4.69, 9.17) is 0 Å². The second kappa shape index (κ2) is 8.54. The van der Waals surface area contributed by atoms with Gasteiger partial charge in [-0.2, -0.15) is 0 Å². The highest BCUT2D eigenvalue weighted by Gasteiger charge is 2.29. The third-order valence-electron chi connectivity index (χ3n) is 4.81. The van der Waals surface area contributed by atoms with Crippen LogP contribution in [0.5, 0.6) is 0 Å². The van der Waals surface area contributed by atoms with Gasteiger partial charge in [0.1, 0.15) is 0 Å². The van der Waals surface area contributed by atoms with Crippen LogP contribution in [0.4, 0.5) is 0 Å².